The van der Waals surface area contributed by atoms with Crippen molar-refractivity contribution in [1.82, 2.24) is 15.1 Å². The summed E-state index contributed by atoms with van der Waals surface area (Å²) in [4.78, 5) is 42.8. The Morgan fingerprint density at radius 1 is 0.844 bits per heavy atom. The molecule has 0 aromatic heterocycles. The Bertz CT molecular complexity index is 961. The lowest BCUT2D eigenvalue weighted by molar-refractivity contribution is -0.134. The van der Waals surface area contributed by atoms with Gasteiger partial charge in [0, 0.05) is 37.3 Å². The first kappa shape index (κ1) is 22.1. The molecule has 2 fully saturated rings. The number of nitrogens with zero attached hydrogens (tertiary/aromatic N) is 2. The van der Waals surface area contributed by atoms with Crippen molar-refractivity contribution in [3.63, 3.8) is 0 Å². The van der Waals surface area contributed by atoms with Gasteiger partial charge in [0.05, 0.1) is 0 Å². The van der Waals surface area contributed by atoms with E-state index in [2.05, 4.69) is 5.32 Å². The molecule has 1 N–H and O–H groups in total. The first-order valence-corrected chi connectivity index (χ1v) is 11.5. The van der Waals surface area contributed by atoms with Crippen LogP contribution in [0, 0.1) is 12.8 Å². The molecule has 0 spiro atoms. The van der Waals surface area contributed by atoms with Gasteiger partial charge >= 0.3 is 0 Å². The van der Waals surface area contributed by atoms with Crippen molar-refractivity contribution < 1.29 is 14.4 Å². The molecule has 2 aromatic rings. The second kappa shape index (κ2) is 9.98. The van der Waals surface area contributed by atoms with Crippen LogP contribution in [0.25, 0.3) is 0 Å². The van der Waals surface area contributed by atoms with Crippen molar-refractivity contribution >= 4 is 17.7 Å². The summed E-state index contributed by atoms with van der Waals surface area (Å²) in [5.74, 6) is -0.170. The van der Waals surface area contributed by atoms with Gasteiger partial charge in [-0.1, -0.05) is 35.9 Å². The number of rotatable bonds is 5. The van der Waals surface area contributed by atoms with Gasteiger partial charge in [0.25, 0.3) is 11.8 Å². The molecule has 6 nitrogen and oxygen atoms in total. The Morgan fingerprint density at radius 2 is 1.50 bits per heavy atom. The van der Waals surface area contributed by atoms with Crippen LogP contribution in [0.2, 0.25) is 0 Å². The number of hydrogen-bond acceptors (Lipinski definition) is 3. The van der Waals surface area contributed by atoms with Crippen LogP contribution in [-0.4, -0.2) is 59.7 Å². The van der Waals surface area contributed by atoms with Gasteiger partial charge in [-0.15, -0.1) is 0 Å². The molecule has 0 aliphatic carbocycles. The number of likely N-dealkylation sites (tertiary alicyclic amines) is 2. The highest BCUT2D eigenvalue weighted by Gasteiger charge is 2.37. The lowest BCUT2D eigenvalue weighted by Gasteiger charge is -2.37. The van der Waals surface area contributed by atoms with Crippen LogP contribution in [0.4, 0.5) is 0 Å². The van der Waals surface area contributed by atoms with Gasteiger partial charge in [0.1, 0.15) is 6.04 Å². The summed E-state index contributed by atoms with van der Waals surface area (Å²) >= 11 is 0. The Balaban J connectivity index is 1.45. The Labute approximate surface area is 189 Å². The maximum Gasteiger partial charge on any atom is 0.253 e. The molecule has 2 heterocycles. The molecule has 2 aliphatic rings. The van der Waals surface area contributed by atoms with Crippen LogP contribution < -0.4 is 5.32 Å². The maximum absolute atomic E-state index is 13.3. The minimum Gasteiger partial charge on any atom is -0.341 e. The molecular weight excluding hydrogens is 402 g/mol. The van der Waals surface area contributed by atoms with Crippen molar-refractivity contribution in [3.8, 4) is 0 Å². The van der Waals surface area contributed by atoms with E-state index in [0.29, 0.717) is 37.1 Å². The number of carbonyl (C=O) groups is 3. The average Bonchev–Trinajstić information content (AvgIpc) is 3.37. The summed E-state index contributed by atoms with van der Waals surface area (Å²) < 4.78 is 0. The van der Waals surface area contributed by atoms with Crippen molar-refractivity contribution in [2.75, 3.05) is 26.2 Å². The highest BCUT2D eigenvalue weighted by atomic mass is 16.2. The third-order valence-corrected chi connectivity index (χ3v) is 6.57. The molecule has 32 heavy (non-hydrogen) atoms. The van der Waals surface area contributed by atoms with Gasteiger partial charge < -0.3 is 15.1 Å². The first-order valence-electron chi connectivity index (χ1n) is 11.5. The van der Waals surface area contributed by atoms with Gasteiger partial charge in [-0.2, -0.15) is 0 Å². The molecule has 2 saturated heterocycles. The van der Waals surface area contributed by atoms with E-state index in [1.54, 1.807) is 12.1 Å². The van der Waals surface area contributed by atoms with E-state index >= 15 is 0 Å². The maximum atomic E-state index is 13.3. The molecular formula is C26H31N3O3. The molecule has 2 aliphatic heterocycles. The molecule has 0 bridgehead atoms. The Kier molecular flexibility index (Phi) is 6.88. The highest BCUT2D eigenvalue weighted by Crippen LogP contribution is 2.25. The molecule has 0 saturated carbocycles. The van der Waals surface area contributed by atoms with Gasteiger partial charge in [0.2, 0.25) is 5.91 Å². The van der Waals surface area contributed by atoms with Crippen LogP contribution >= 0.6 is 0 Å². The second-order valence-corrected chi connectivity index (χ2v) is 8.85. The number of aryl methyl sites for hydroxylation is 1. The zero-order valence-corrected chi connectivity index (χ0v) is 18.6. The van der Waals surface area contributed by atoms with E-state index in [4.69, 9.17) is 0 Å². The summed E-state index contributed by atoms with van der Waals surface area (Å²) in [5.41, 5.74) is 2.31. The summed E-state index contributed by atoms with van der Waals surface area (Å²) in [7, 11) is 0. The molecule has 4 rings (SSSR count). The Hall–Kier alpha value is -3.15. The van der Waals surface area contributed by atoms with Crippen molar-refractivity contribution in [3.05, 3.63) is 71.3 Å². The molecule has 3 amide bonds. The molecule has 168 valence electrons. The third-order valence-electron chi connectivity index (χ3n) is 6.57. The number of amides is 3. The predicted octanol–water partition coefficient (Wildman–Crippen LogP) is 3.27. The second-order valence-electron chi connectivity index (χ2n) is 8.85. The highest BCUT2D eigenvalue weighted by molar-refractivity contribution is 5.97. The summed E-state index contributed by atoms with van der Waals surface area (Å²) in [6.45, 7) is 4.65. The van der Waals surface area contributed by atoms with Gasteiger partial charge in [0.15, 0.2) is 0 Å². The first-order chi connectivity index (χ1) is 15.5. The lowest BCUT2D eigenvalue weighted by atomic mass is 9.88. The fraction of sp³-hybridized carbons (Fsp3) is 0.423. The number of carbonyl (C=O) groups excluding carboxylic acids is 3. The normalized spacial score (nSPS) is 17.8. The van der Waals surface area contributed by atoms with Crippen molar-refractivity contribution in [1.29, 1.82) is 0 Å². The zero-order valence-electron chi connectivity index (χ0n) is 18.6. The van der Waals surface area contributed by atoms with Crippen molar-refractivity contribution in [2.45, 2.75) is 38.6 Å². The van der Waals surface area contributed by atoms with Gasteiger partial charge in [-0.25, -0.2) is 0 Å². The zero-order chi connectivity index (χ0) is 22.5. The number of piperidine rings is 1. The number of nitrogens with one attached hydrogen (secondary N) is 1. The standard InChI is InChI=1S/C26H31N3O3/c1-19-8-7-11-22(18-19)25(31)29-16-12-20(13-17-29)23(26(32)28-14-5-6-15-28)27-24(30)21-9-3-2-4-10-21/h2-4,7-11,18,20,23H,5-6,12-17H2,1H3,(H,27,30)/t23-/m1/s1. The van der Waals surface area contributed by atoms with E-state index in [1.165, 1.54) is 0 Å². The average molecular weight is 434 g/mol. The smallest absolute Gasteiger partial charge is 0.253 e. The summed E-state index contributed by atoms with van der Waals surface area (Å²) in [6, 6.07) is 16.1. The quantitative estimate of drug-likeness (QED) is 0.787. The minimum atomic E-state index is -0.558. The van der Waals surface area contributed by atoms with Gasteiger partial charge in [-0.3, -0.25) is 14.4 Å². The molecule has 0 unspecified atom stereocenters. The van der Waals surface area contributed by atoms with E-state index in [-0.39, 0.29) is 23.6 Å². The molecule has 6 heteroatoms. The number of hydrogen-bond donors (Lipinski definition) is 1. The van der Waals surface area contributed by atoms with E-state index in [9.17, 15) is 14.4 Å². The minimum absolute atomic E-state index is 0.00948. The van der Waals surface area contributed by atoms with Gasteiger partial charge in [-0.05, 0) is 62.8 Å². The summed E-state index contributed by atoms with van der Waals surface area (Å²) in [6.07, 6.45) is 3.40. The topological polar surface area (TPSA) is 69.7 Å². The molecule has 2 aromatic carbocycles. The third kappa shape index (κ3) is 5.01. The Morgan fingerprint density at radius 3 is 2.16 bits per heavy atom. The fourth-order valence-electron chi connectivity index (χ4n) is 4.73. The monoisotopic (exact) mass is 433 g/mol. The van der Waals surface area contributed by atoms with E-state index in [0.717, 1.165) is 31.5 Å². The van der Waals surface area contributed by atoms with E-state index in [1.807, 2.05) is 59.2 Å². The van der Waals surface area contributed by atoms with Crippen LogP contribution in [-0.2, 0) is 4.79 Å². The van der Waals surface area contributed by atoms with Crippen LogP contribution in [0.1, 0.15) is 52.0 Å². The molecule has 0 radical (unpaired) electrons. The van der Waals surface area contributed by atoms with Crippen LogP contribution in [0.15, 0.2) is 54.6 Å². The van der Waals surface area contributed by atoms with Crippen molar-refractivity contribution in [2.24, 2.45) is 5.92 Å². The van der Waals surface area contributed by atoms with E-state index < -0.39 is 6.04 Å². The SMILES string of the molecule is Cc1cccc(C(=O)N2CCC([C@@H](NC(=O)c3ccccc3)C(=O)N3CCCC3)CC2)c1. The van der Waals surface area contributed by atoms with Crippen LogP contribution in [0.5, 0.6) is 0 Å². The molecule has 1 atom stereocenters. The summed E-state index contributed by atoms with van der Waals surface area (Å²) in [5, 5.41) is 3.03. The largest absolute Gasteiger partial charge is 0.341 e. The number of benzene rings is 2. The fourth-order valence-corrected chi connectivity index (χ4v) is 4.73. The lowest BCUT2D eigenvalue weighted by Crippen LogP contribution is -2.54. The van der Waals surface area contributed by atoms with Crippen LogP contribution in [0.3, 0.4) is 0 Å². The predicted molar refractivity (Wildman–Crippen MR) is 123 cm³/mol.